The van der Waals surface area contributed by atoms with Crippen LogP contribution in [-0.4, -0.2) is 54.9 Å². The molecule has 0 saturated heterocycles. The summed E-state index contributed by atoms with van der Waals surface area (Å²) in [6.45, 7) is 7.30. The minimum absolute atomic E-state index is 0. The summed E-state index contributed by atoms with van der Waals surface area (Å²) >= 11 is 3.38. The number of aromatic nitrogens is 6. The van der Waals surface area contributed by atoms with Gasteiger partial charge in [0.25, 0.3) is 18.0 Å². The van der Waals surface area contributed by atoms with E-state index in [9.17, 15) is 24.0 Å². The summed E-state index contributed by atoms with van der Waals surface area (Å²) < 4.78 is 38.0. The largest absolute Gasteiger partial charge is 1.00 e. The van der Waals surface area contributed by atoms with Gasteiger partial charge >= 0.3 is 131 Å². The Kier molecular flexibility index (Phi) is 26.7. The Labute approximate surface area is 541 Å². The Morgan fingerprint density at radius 3 is 1.54 bits per heavy atom. The maximum Gasteiger partial charge on any atom is 1.00 e. The van der Waals surface area contributed by atoms with E-state index >= 15 is 0 Å². The van der Waals surface area contributed by atoms with E-state index in [4.69, 9.17) is 42.3 Å². The summed E-state index contributed by atoms with van der Waals surface area (Å²) in [5, 5.41) is 11.2. The second-order valence-corrected chi connectivity index (χ2v) is 18.4. The van der Waals surface area contributed by atoms with Crippen LogP contribution in [0.4, 0.5) is 0 Å². The summed E-state index contributed by atoms with van der Waals surface area (Å²) in [7, 11) is 0. The molecule has 8 aromatic rings. The first-order chi connectivity index (χ1) is 36.9. The van der Waals surface area contributed by atoms with E-state index < -0.39 is 22.6 Å². The van der Waals surface area contributed by atoms with Crippen molar-refractivity contribution in [3.8, 4) is 23.8 Å². The fraction of sp³-hybridized carbons (Fsp3) is 0.370. The molecule has 11 rings (SSSR count). The first kappa shape index (κ1) is 64.1. The molecule has 0 spiro atoms. The van der Waals surface area contributed by atoms with Crippen molar-refractivity contribution in [2.75, 3.05) is 18.5 Å². The third-order valence-electron chi connectivity index (χ3n) is 11.8. The van der Waals surface area contributed by atoms with Crippen LogP contribution in [-0.2, 0) is 42.2 Å². The van der Waals surface area contributed by atoms with Gasteiger partial charge in [0.05, 0.1) is 13.2 Å². The molecule has 3 aliphatic carbocycles. The normalized spacial score (nSPS) is 13.0. The molecule has 2 aromatic carbocycles. The Balaban J connectivity index is 0.000000234. The van der Waals surface area contributed by atoms with Gasteiger partial charge in [0.15, 0.2) is 0 Å². The van der Waals surface area contributed by atoms with E-state index in [1.807, 2.05) is 81.4 Å². The van der Waals surface area contributed by atoms with Crippen molar-refractivity contribution in [2.24, 2.45) is 17.8 Å². The van der Waals surface area contributed by atoms with Gasteiger partial charge in [-0.15, -0.1) is 0 Å². The maximum atomic E-state index is 12.2. The molecule has 21 nitrogen and oxygen atoms in total. The molecule has 3 saturated carbocycles. The number of ether oxygens (including phenoxy) is 4. The number of hydrogen-bond donors (Lipinski definition) is 2. The van der Waals surface area contributed by atoms with Crippen LogP contribution in [0.2, 0.25) is 0 Å². The predicted molar refractivity (Wildman–Crippen MR) is 281 cm³/mol. The third-order valence-corrected chi connectivity index (χ3v) is 12.7. The molecule has 0 atom stereocenters. The number of nitrogens with one attached hydrogen (secondary N) is 2. The zero-order valence-corrected chi connectivity index (χ0v) is 51.8. The number of rotatable bonds is 17. The number of halogens is 1. The first-order valence-electron chi connectivity index (χ1n) is 24.8. The van der Waals surface area contributed by atoms with Crippen LogP contribution < -0.4 is 155 Å². The van der Waals surface area contributed by atoms with Crippen molar-refractivity contribution >= 4 is 55.7 Å². The minimum atomic E-state index is -0.574. The molecule has 0 amide bonds. The molecule has 3 aliphatic rings. The van der Waals surface area contributed by atoms with Gasteiger partial charge in [0, 0.05) is 23.5 Å². The van der Waals surface area contributed by atoms with Crippen LogP contribution >= 0.6 is 15.9 Å². The van der Waals surface area contributed by atoms with Crippen LogP contribution in [0.3, 0.4) is 0 Å². The zero-order valence-electron chi connectivity index (χ0n) is 45.0. The molecule has 2 N–H and O–H groups in total. The summed E-state index contributed by atoms with van der Waals surface area (Å²) in [6, 6.07) is 23.6. The van der Waals surface area contributed by atoms with E-state index in [0.717, 1.165) is 41.0 Å². The number of H-pyrrole nitrogens is 2. The summed E-state index contributed by atoms with van der Waals surface area (Å²) in [5.74, 6) is 2.86. The number of carbonyl (C=O) groups excluding carboxylic acids is 1. The van der Waals surface area contributed by atoms with E-state index in [-0.39, 0.29) is 163 Å². The number of alkyl halides is 1. The maximum absolute atomic E-state index is 12.2. The monoisotopic (exact) mass is 1190 g/mol. The van der Waals surface area contributed by atoms with Crippen LogP contribution in [0.15, 0.2) is 116 Å². The van der Waals surface area contributed by atoms with Crippen molar-refractivity contribution < 1.29 is 151 Å². The van der Waals surface area contributed by atoms with Gasteiger partial charge < -0.3 is 43.8 Å². The van der Waals surface area contributed by atoms with Gasteiger partial charge in [-0.1, -0.05) is 97.4 Å². The topological polar surface area (TPSA) is 294 Å². The summed E-state index contributed by atoms with van der Waals surface area (Å²) in [5.41, 5.74) is 2.06. The number of benzene rings is 2. The standard InChI is InChI=1S/C20H20N2O4.C16H14N2O4.C13H14N2O4.C4H7Br.CH2O3.2K.H/c1-2-15-10-16(23)26-19-17(15)18(24-11-14-8-9-14)21-20(22-19)25-12-13-6-4-3-5-7-13;1-2-11-8-12(19)22-15-13(11)14(20)17-16(18-15)21-9-10-6-4-3-5-7-10;1-2-8-5-9(16)19-12-10(8)11(14-13(17)15-12)18-6-7-3-4-7;5-3-4-1-2-4;2-1-4-3;;;/h3-7,10,14H,2,8-9,11-12H2,1H3;3-8H,2,9H2,1H3,(H,17,18,20);5,7H,2-4,6H2,1H3,(H,14,15,17);4H,1-3H2;1,3H;;;/q;;;;;2*+1;-1/p-1. The molecule has 3 fully saturated rings. The zero-order chi connectivity index (χ0) is 54.0. The number of nitrogens with zero attached hydrogens (tertiary/aromatic N) is 4. The molecule has 24 heteroatoms. The smallest absolute Gasteiger partial charge is 1.00 e. The number of aryl methyl sites for hydroxylation is 3. The van der Waals surface area contributed by atoms with Gasteiger partial charge in [-0.3, -0.25) is 19.6 Å². The third kappa shape index (κ3) is 19.8. The van der Waals surface area contributed by atoms with Crippen molar-refractivity contribution in [1.82, 2.24) is 29.9 Å². The number of carbonyl (C=O) groups is 1. The number of aromatic amines is 2. The van der Waals surface area contributed by atoms with Gasteiger partial charge in [0.1, 0.15) is 29.4 Å². The van der Waals surface area contributed by atoms with Crippen LogP contribution in [0.25, 0.3) is 33.3 Å². The molecular weight excluding hydrogens is 1130 g/mol. The average molecular weight is 1190 g/mol. The second kappa shape index (κ2) is 32.5. The predicted octanol–water partition coefficient (Wildman–Crippen LogP) is 1.10. The number of hydrogen-bond acceptors (Lipinski definition) is 19. The molecule has 78 heavy (non-hydrogen) atoms. The molecule has 6 heterocycles. The fourth-order valence-corrected chi connectivity index (χ4v) is 7.86. The van der Waals surface area contributed by atoms with Crippen LogP contribution in [0.1, 0.15) is 88.5 Å². The van der Waals surface area contributed by atoms with E-state index in [0.29, 0.717) is 73.1 Å². The summed E-state index contributed by atoms with van der Waals surface area (Å²) in [6.07, 6.45) is 9.42. The van der Waals surface area contributed by atoms with E-state index in [1.165, 1.54) is 49.2 Å². The molecule has 0 radical (unpaired) electrons. The molecular formula is C54H57BrK2N6O15. The van der Waals surface area contributed by atoms with Gasteiger partial charge in [-0.05, 0) is 103 Å². The average Bonchev–Trinajstić information content (AvgIpc) is 4.30. The first-order valence-corrected chi connectivity index (χ1v) is 25.9. The van der Waals surface area contributed by atoms with Crippen molar-refractivity contribution in [1.29, 1.82) is 0 Å². The second-order valence-electron chi connectivity index (χ2n) is 17.8. The molecule has 402 valence electrons. The van der Waals surface area contributed by atoms with E-state index in [1.54, 1.807) is 0 Å². The number of fused-ring (bicyclic) bond motifs is 3. The Morgan fingerprint density at radius 2 is 1.06 bits per heavy atom. The Hall–Kier alpha value is -4.71. The van der Waals surface area contributed by atoms with Gasteiger partial charge in [0.2, 0.25) is 28.9 Å². The minimum Gasteiger partial charge on any atom is -1.00 e. The molecule has 0 bridgehead atoms. The molecule has 0 unspecified atom stereocenters. The van der Waals surface area contributed by atoms with Crippen molar-refractivity contribution in [3.05, 3.63) is 159 Å². The van der Waals surface area contributed by atoms with E-state index in [2.05, 4.69) is 50.7 Å². The molecule has 6 aromatic heterocycles. The fourth-order valence-electron chi connectivity index (χ4n) is 7.22. The van der Waals surface area contributed by atoms with Gasteiger partial charge in [-0.25, -0.2) is 19.2 Å². The Morgan fingerprint density at radius 1 is 0.603 bits per heavy atom. The van der Waals surface area contributed by atoms with Gasteiger partial charge in [-0.2, -0.15) is 19.9 Å². The molecule has 0 aliphatic heterocycles. The van der Waals surface area contributed by atoms with Crippen LogP contribution in [0, 0.1) is 17.8 Å². The van der Waals surface area contributed by atoms with Crippen LogP contribution in [0.5, 0.6) is 23.8 Å². The van der Waals surface area contributed by atoms with Crippen molar-refractivity contribution in [2.45, 2.75) is 91.8 Å². The Bertz CT molecular complexity index is 3520. The quantitative estimate of drug-likeness (QED) is 0.0424. The SMILES string of the molecule is BrCC1CC1.CCc1cc(=O)oc2[nH]c(=O)nc(OCC3CC3)c12.CCc1cc(=O)oc2nc(OCc3ccccc3)[nH]c(=O)c12.CCc1cc(=O)oc2nc(OCc3ccccc3)nc(OCC3CC3)c12.O=CO[O-].[H-].[K+].[K+]. The van der Waals surface area contributed by atoms with Crippen molar-refractivity contribution in [3.63, 3.8) is 0 Å². The summed E-state index contributed by atoms with van der Waals surface area (Å²) in [4.78, 5) is 91.3.